The Hall–Kier alpha value is -3.03. The van der Waals surface area contributed by atoms with Gasteiger partial charge in [-0.2, -0.15) is 0 Å². The van der Waals surface area contributed by atoms with Crippen LogP contribution in [0.4, 0.5) is 5.95 Å². The van der Waals surface area contributed by atoms with Crippen molar-refractivity contribution >= 4 is 22.8 Å². The molecule has 1 N–H and O–H groups in total. The number of hydrogen-bond donors (Lipinski definition) is 1. The third-order valence-corrected chi connectivity index (χ3v) is 5.13. The van der Waals surface area contributed by atoms with E-state index in [2.05, 4.69) is 49.8 Å². The van der Waals surface area contributed by atoms with Crippen LogP contribution in [0.1, 0.15) is 37.1 Å². The van der Waals surface area contributed by atoms with Gasteiger partial charge in [-0.15, -0.1) is 0 Å². The number of rotatable bonds is 4. The van der Waals surface area contributed by atoms with Crippen LogP contribution in [0.3, 0.4) is 0 Å². The molecule has 1 saturated heterocycles. The number of piperidine rings is 1. The number of nitrogens with one attached hydrogen (secondary N) is 1. The van der Waals surface area contributed by atoms with Crippen molar-refractivity contribution < 1.29 is 6.22 Å². The summed E-state index contributed by atoms with van der Waals surface area (Å²) in [6.07, 6.45) is 4.36. The van der Waals surface area contributed by atoms with Crippen LogP contribution in [0.2, 0.25) is 0 Å². The maximum Gasteiger partial charge on any atom is 0.253 e. The Morgan fingerprint density at radius 2 is 2.11 bits per heavy atom. The zero-order valence-electron chi connectivity index (χ0n) is 15.6. The molecule has 1 aromatic carbocycles. The molecule has 3 aromatic rings. The van der Waals surface area contributed by atoms with Gasteiger partial charge in [0.1, 0.15) is 0 Å². The highest BCUT2D eigenvalue weighted by Gasteiger charge is 2.24. The fourth-order valence-electron chi connectivity index (χ4n) is 3.50. The molecule has 27 heavy (non-hydrogen) atoms. The van der Waals surface area contributed by atoms with E-state index in [1.54, 1.807) is 10.9 Å². The molecule has 0 atom stereocenters. The second-order valence-corrected chi connectivity index (χ2v) is 6.94. The van der Waals surface area contributed by atoms with Crippen molar-refractivity contribution in [2.24, 2.45) is 7.05 Å². The molecular formula is C19H25N7O. The smallest absolute Gasteiger partial charge is 0.253 e. The van der Waals surface area contributed by atoms with E-state index in [0.717, 1.165) is 49.2 Å². The average Bonchev–Trinajstić information content (AvgIpc) is 3.13. The van der Waals surface area contributed by atoms with Gasteiger partial charge in [0.25, 0.3) is 5.91 Å². The first-order valence-electron chi connectivity index (χ1n) is 9.31. The van der Waals surface area contributed by atoms with Crippen molar-refractivity contribution in [3.05, 3.63) is 41.6 Å². The van der Waals surface area contributed by atoms with Crippen LogP contribution in [0, 0.1) is 0 Å². The number of carbonyl (C=O) groups excluding carboxylic acids is 1. The molecule has 0 aliphatic carbocycles. The first-order chi connectivity index (χ1) is 13.1. The van der Waals surface area contributed by atoms with Gasteiger partial charge in [0.2, 0.25) is 5.95 Å². The fourth-order valence-corrected chi connectivity index (χ4v) is 3.50. The first kappa shape index (κ1) is 17.4. The quantitative estimate of drug-likeness (QED) is 0.758. The number of benzene rings is 1. The minimum absolute atomic E-state index is 0. The predicted molar refractivity (Wildman–Crippen MR) is 105 cm³/mol. The monoisotopic (exact) mass is 367 g/mol. The van der Waals surface area contributed by atoms with Crippen LogP contribution >= 0.6 is 0 Å². The van der Waals surface area contributed by atoms with E-state index in [0.29, 0.717) is 5.56 Å². The number of aromatic nitrogens is 5. The van der Waals surface area contributed by atoms with E-state index in [1.165, 1.54) is 5.56 Å². The molecule has 8 nitrogen and oxygen atoms in total. The fraction of sp³-hybridized carbons (Fsp3) is 0.421. The Morgan fingerprint density at radius 3 is 2.81 bits per heavy atom. The van der Waals surface area contributed by atoms with Crippen LogP contribution in [0.5, 0.6) is 0 Å². The van der Waals surface area contributed by atoms with Crippen LogP contribution in [-0.2, 0) is 13.5 Å². The predicted octanol–water partition coefficient (Wildman–Crippen LogP) is 1.97. The highest BCUT2D eigenvalue weighted by atomic mass is 16.1. The van der Waals surface area contributed by atoms with Gasteiger partial charge in [-0.3, -0.25) is 9.78 Å². The van der Waals surface area contributed by atoms with Crippen LogP contribution in [0.15, 0.2) is 30.5 Å². The minimum atomic E-state index is -0.0669. The first-order valence-corrected chi connectivity index (χ1v) is 9.31. The molecule has 2 aromatic heterocycles. The second kappa shape index (κ2) is 7.30. The number of amides is 1. The van der Waals surface area contributed by atoms with Crippen LogP contribution < -0.4 is 10.2 Å². The van der Waals surface area contributed by atoms with Gasteiger partial charge in [0.15, 0.2) is 0 Å². The summed E-state index contributed by atoms with van der Waals surface area (Å²) >= 11 is 0. The molecule has 8 heteroatoms. The number of aryl methyl sites for hydroxylation is 2. The van der Waals surface area contributed by atoms with E-state index < -0.39 is 0 Å². The number of tetrazole rings is 1. The summed E-state index contributed by atoms with van der Waals surface area (Å²) in [6.45, 7) is 3.75. The van der Waals surface area contributed by atoms with Gasteiger partial charge in [0.05, 0.1) is 11.1 Å². The van der Waals surface area contributed by atoms with E-state index in [1.807, 2.05) is 19.2 Å². The number of anilines is 1. The molecule has 3 heterocycles. The molecule has 0 radical (unpaired) electrons. The Balaban J connectivity index is 0.00000225. The summed E-state index contributed by atoms with van der Waals surface area (Å²) in [7, 11) is 1.83. The van der Waals surface area contributed by atoms with Crippen LogP contribution in [-0.4, -0.2) is 50.2 Å². The maximum absolute atomic E-state index is 12.6. The molecule has 0 bridgehead atoms. The van der Waals surface area contributed by atoms with Crippen molar-refractivity contribution in [3.63, 3.8) is 0 Å². The third-order valence-electron chi connectivity index (χ3n) is 5.13. The topological polar surface area (TPSA) is 88.8 Å². The summed E-state index contributed by atoms with van der Waals surface area (Å²) in [5.41, 5.74) is 2.78. The maximum atomic E-state index is 12.6. The van der Waals surface area contributed by atoms with E-state index in [-0.39, 0.29) is 13.4 Å². The normalized spacial score (nSPS) is 15.3. The van der Waals surface area contributed by atoms with Crippen molar-refractivity contribution in [2.75, 3.05) is 18.0 Å². The number of fused-ring (bicyclic) bond motifs is 1. The molecule has 0 saturated carbocycles. The Morgan fingerprint density at radius 1 is 1.30 bits per heavy atom. The minimum Gasteiger partial charge on any atom is -0.349 e. The zero-order valence-corrected chi connectivity index (χ0v) is 15.6. The molecule has 1 fully saturated rings. The largest absolute Gasteiger partial charge is 0.349 e. The van der Waals surface area contributed by atoms with Gasteiger partial charge in [-0.1, -0.05) is 24.2 Å². The van der Waals surface area contributed by atoms with Crippen molar-refractivity contribution in [2.45, 2.75) is 32.2 Å². The summed E-state index contributed by atoms with van der Waals surface area (Å²) in [5, 5.41) is 15.7. The molecule has 1 aliphatic heterocycles. The lowest BCUT2D eigenvalue weighted by Gasteiger charge is -2.32. The third kappa shape index (κ3) is 3.60. The van der Waals surface area contributed by atoms with Crippen molar-refractivity contribution in [1.82, 2.24) is 30.5 Å². The summed E-state index contributed by atoms with van der Waals surface area (Å²) in [4.78, 5) is 19.3. The van der Waals surface area contributed by atoms with Gasteiger partial charge >= 0.3 is 0 Å². The average molecular weight is 367 g/mol. The van der Waals surface area contributed by atoms with Gasteiger partial charge in [-0.25, -0.2) is 4.68 Å². The molecule has 4 rings (SSSR count). The number of carbonyl (C=O) groups is 1. The van der Waals surface area contributed by atoms with E-state index in [4.69, 9.17) is 0 Å². The molecule has 142 valence electrons. The lowest BCUT2D eigenvalue weighted by molar-refractivity contribution is 0.0931. The Kier molecular flexibility index (Phi) is 4.70. The van der Waals surface area contributed by atoms with Crippen LogP contribution in [0.25, 0.3) is 10.9 Å². The van der Waals surface area contributed by atoms with Gasteiger partial charge in [0, 0.05) is 39.2 Å². The number of hydrogen-bond acceptors (Lipinski definition) is 6. The Bertz CT molecular complexity index is 966. The highest BCUT2D eigenvalue weighted by Crippen LogP contribution is 2.18. The van der Waals surface area contributed by atoms with Gasteiger partial charge in [-0.05, 0) is 47.4 Å². The Labute approximate surface area is 159 Å². The van der Waals surface area contributed by atoms with Gasteiger partial charge < -0.3 is 10.2 Å². The molecule has 0 unspecified atom stereocenters. The number of pyridine rings is 1. The number of nitrogens with zero attached hydrogens (tertiary/aromatic N) is 6. The SMILES string of the molecule is CCc1ccc2cc(C(=O)NC3CCN(c4nnnn4C)CC3)cnc2c1.[HH]. The van der Waals surface area contributed by atoms with Crippen molar-refractivity contribution in [1.29, 1.82) is 0 Å². The molecule has 1 amide bonds. The van der Waals surface area contributed by atoms with E-state index in [9.17, 15) is 4.79 Å². The molecule has 0 spiro atoms. The lowest BCUT2D eigenvalue weighted by atomic mass is 10.0. The highest BCUT2D eigenvalue weighted by molar-refractivity contribution is 5.97. The molecular weight excluding hydrogens is 342 g/mol. The zero-order chi connectivity index (χ0) is 18.8. The molecule has 1 aliphatic rings. The summed E-state index contributed by atoms with van der Waals surface area (Å²) in [6, 6.07) is 8.26. The lowest BCUT2D eigenvalue weighted by Crippen LogP contribution is -2.45. The summed E-state index contributed by atoms with van der Waals surface area (Å²) < 4.78 is 1.67. The summed E-state index contributed by atoms with van der Waals surface area (Å²) in [5.74, 6) is 0.702. The van der Waals surface area contributed by atoms with E-state index >= 15 is 0 Å². The second-order valence-electron chi connectivity index (χ2n) is 6.94. The van der Waals surface area contributed by atoms with Crippen molar-refractivity contribution in [3.8, 4) is 0 Å². The standard InChI is InChI=1S/C19H23N7O.H2/c1-3-13-4-5-14-11-15(12-20-17(14)10-13)18(27)21-16-6-8-26(9-7-16)19-22-23-24-25(19)2;/h4-5,10-12,16H,3,6-9H2,1-2H3,(H,21,27);1H.